The van der Waals surface area contributed by atoms with E-state index in [2.05, 4.69) is 10.3 Å². The summed E-state index contributed by atoms with van der Waals surface area (Å²) in [6.45, 7) is 1.78. The molecule has 0 radical (unpaired) electrons. The Morgan fingerprint density at radius 1 is 1.73 bits per heavy atom. The van der Waals surface area contributed by atoms with Crippen molar-refractivity contribution in [1.29, 1.82) is 0 Å². The Hall–Kier alpha value is -1.65. The number of aromatic nitrogens is 2. The van der Waals surface area contributed by atoms with E-state index < -0.39 is 6.04 Å². The molecule has 5 nitrogen and oxygen atoms in total. The molecule has 0 aliphatic rings. The van der Waals surface area contributed by atoms with Gasteiger partial charge in [0.1, 0.15) is 0 Å². The maximum Gasteiger partial charge on any atom is 0.207 e. The first-order valence-corrected chi connectivity index (χ1v) is 4.86. The van der Waals surface area contributed by atoms with E-state index in [-0.39, 0.29) is 5.78 Å². The molecule has 0 aromatic carbocycles. The Balaban J connectivity index is 2.65. The molecule has 0 aliphatic heterocycles. The maximum absolute atomic E-state index is 11.5. The van der Waals surface area contributed by atoms with Gasteiger partial charge in [-0.3, -0.25) is 9.59 Å². The molecule has 0 saturated heterocycles. The van der Waals surface area contributed by atoms with Gasteiger partial charge in [-0.2, -0.15) is 0 Å². The quantitative estimate of drug-likeness (QED) is 0.674. The normalized spacial score (nSPS) is 12.1. The third kappa shape index (κ3) is 3.19. The van der Waals surface area contributed by atoms with E-state index in [0.717, 1.165) is 5.69 Å². The Morgan fingerprint density at radius 3 is 2.93 bits per heavy atom. The highest BCUT2D eigenvalue weighted by Crippen LogP contribution is 2.02. The first kappa shape index (κ1) is 11.4. The van der Waals surface area contributed by atoms with Gasteiger partial charge in [0.15, 0.2) is 5.78 Å². The van der Waals surface area contributed by atoms with E-state index in [4.69, 9.17) is 0 Å². The average molecular weight is 209 g/mol. The Morgan fingerprint density at radius 2 is 2.47 bits per heavy atom. The first-order chi connectivity index (χ1) is 7.17. The van der Waals surface area contributed by atoms with Crippen molar-refractivity contribution >= 4 is 12.2 Å². The van der Waals surface area contributed by atoms with Crippen LogP contribution >= 0.6 is 0 Å². The van der Waals surface area contributed by atoms with Gasteiger partial charge in [-0.05, 0) is 0 Å². The number of amides is 1. The van der Waals surface area contributed by atoms with Gasteiger partial charge in [0.2, 0.25) is 6.41 Å². The van der Waals surface area contributed by atoms with Crippen LogP contribution in [0.4, 0.5) is 0 Å². The lowest BCUT2D eigenvalue weighted by molar-refractivity contribution is -0.123. The maximum atomic E-state index is 11.5. The molecule has 1 N–H and O–H groups in total. The number of carbonyl (C=O) groups excluding carboxylic acids is 2. The molecule has 1 aromatic rings. The van der Waals surface area contributed by atoms with E-state index in [0.29, 0.717) is 19.3 Å². The lowest BCUT2D eigenvalue weighted by Gasteiger charge is -2.11. The number of hydrogen-bond acceptors (Lipinski definition) is 3. The minimum Gasteiger partial charge on any atom is -0.348 e. The smallest absolute Gasteiger partial charge is 0.207 e. The molecule has 1 aromatic heterocycles. The highest BCUT2D eigenvalue weighted by Gasteiger charge is 2.17. The Bertz CT molecular complexity index is 346. The van der Waals surface area contributed by atoms with Gasteiger partial charge in [-0.15, -0.1) is 0 Å². The van der Waals surface area contributed by atoms with Crippen molar-refractivity contribution < 1.29 is 9.59 Å². The van der Waals surface area contributed by atoms with Crippen LogP contribution in [0.2, 0.25) is 0 Å². The van der Waals surface area contributed by atoms with Gasteiger partial charge in [0.25, 0.3) is 0 Å². The molecular weight excluding hydrogens is 194 g/mol. The zero-order valence-corrected chi connectivity index (χ0v) is 8.93. The molecule has 1 unspecified atom stereocenters. The first-order valence-electron chi connectivity index (χ1n) is 4.86. The summed E-state index contributed by atoms with van der Waals surface area (Å²) in [5.74, 6) is 0.0211. The van der Waals surface area contributed by atoms with Crippen molar-refractivity contribution in [3.63, 3.8) is 0 Å². The van der Waals surface area contributed by atoms with Crippen molar-refractivity contribution in [2.75, 3.05) is 0 Å². The fourth-order valence-corrected chi connectivity index (χ4v) is 1.38. The van der Waals surface area contributed by atoms with Crippen molar-refractivity contribution in [2.24, 2.45) is 7.05 Å². The van der Waals surface area contributed by atoms with Crippen LogP contribution in [0.1, 0.15) is 19.0 Å². The minimum atomic E-state index is -0.456. The van der Waals surface area contributed by atoms with Crippen LogP contribution in [0, 0.1) is 0 Å². The predicted molar refractivity (Wildman–Crippen MR) is 55.2 cm³/mol. The number of rotatable bonds is 6. The molecule has 1 heterocycles. The second-order valence-electron chi connectivity index (χ2n) is 3.39. The van der Waals surface area contributed by atoms with Crippen LogP contribution < -0.4 is 5.32 Å². The van der Waals surface area contributed by atoms with Crippen molar-refractivity contribution in [2.45, 2.75) is 25.8 Å². The second-order valence-corrected chi connectivity index (χ2v) is 3.39. The van der Waals surface area contributed by atoms with Crippen molar-refractivity contribution in [3.8, 4) is 0 Å². The average Bonchev–Trinajstić information content (AvgIpc) is 2.62. The molecule has 0 aliphatic carbocycles. The molecule has 0 bridgehead atoms. The standard InChI is InChI=1S/C10H15N3O2/c1-3-10(15)9(12-7-14)4-8-5-13(2)6-11-8/h5-7,9H,3-4H2,1-2H3,(H,12,14). The third-order valence-corrected chi connectivity index (χ3v) is 2.18. The van der Waals surface area contributed by atoms with Crippen LogP contribution in [-0.2, 0) is 23.1 Å². The van der Waals surface area contributed by atoms with Crippen LogP contribution in [0.25, 0.3) is 0 Å². The molecule has 15 heavy (non-hydrogen) atoms. The number of hydrogen-bond donors (Lipinski definition) is 1. The summed E-state index contributed by atoms with van der Waals surface area (Å²) in [5.41, 5.74) is 0.804. The number of Topliss-reactive ketones (excluding diaryl/α,β-unsaturated/α-hetero) is 1. The summed E-state index contributed by atoms with van der Waals surface area (Å²) in [7, 11) is 1.86. The SMILES string of the molecule is CCC(=O)C(Cc1cn(C)cn1)NC=O. The van der Waals surface area contributed by atoms with Crippen molar-refractivity contribution in [3.05, 3.63) is 18.2 Å². The number of nitrogens with zero attached hydrogens (tertiary/aromatic N) is 2. The van der Waals surface area contributed by atoms with E-state index in [1.165, 1.54) is 0 Å². The lowest BCUT2D eigenvalue weighted by Crippen LogP contribution is -2.37. The zero-order chi connectivity index (χ0) is 11.3. The van der Waals surface area contributed by atoms with Gasteiger partial charge < -0.3 is 9.88 Å². The molecule has 1 atom stereocenters. The van der Waals surface area contributed by atoms with Gasteiger partial charge in [0, 0.05) is 26.1 Å². The van der Waals surface area contributed by atoms with E-state index in [1.807, 2.05) is 17.8 Å². The summed E-state index contributed by atoms with van der Waals surface area (Å²) < 4.78 is 1.81. The van der Waals surface area contributed by atoms with Gasteiger partial charge in [0.05, 0.1) is 18.1 Å². The number of carbonyl (C=O) groups is 2. The summed E-state index contributed by atoms with van der Waals surface area (Å²) in [4.78, 5) is 25.9. The molecule has 0 fully saturated rings. The largest absolute Gasteiger partial charge is 0.348 e. The van der Waals surface area contributed by atoms with Gasteiger partial charge >= 0.3 is 0 Å². The molecule has 5 heteroatoms. The lowest BCUT2D eigenvalue weighted by atomic mass is 10.1. The second kappa shape index (κ2) is 5.29. The zero-order valence-electron chi connectivity index (χ0n) is 8.93. The molecule has 82 valence electrons. The predicted octanol–water partition coefficient (Wildman–Crippen LogP) is 0.0563. The van der Waals surface area contributed by atoms with E-state index >= 15 is 0 Å². The summed E-state index contributed by atoms with van der Waals surface area (Å²) in [5, 5.41) is 2.51. The Kier molecular flexibility index (Phi) is 4.03. The highest BCUT2D eigenvalue weighted by molar-refractivity contribution is 5.85. The Labute approximate surface area is 88.5 Å². The fourth-order valence-electron chi connectivity index (χ4n) is 1.38. The van der Waals surface area contributed by atoms with Gasteiger partial charge in [-0.1, -0.05) is 6.92 Å². The molecule has 1 amide bonds. The number of nitrogens with one attached hydrogen (secondary N) is 1. The molecule has 0 spiro atoms. The van der Waals surface area contributed by atoms with Crippen LogP contribution in [-0.4, -0.2) is 27.8 Å². The molecule has 0 saturated carbocycles. The third-order valence-electron chi connectivity index (χ3n) is 2.18. The van der Waals surface area contributed by atoms with Crippen LogP contribution in [0.15, 0.2) is 12.5 Å². The van der Waals surface area contributed by atoms with Gasteiger partial charge in [-0.25, -0.2) is 4.98 Å². The minimum absolute atomic E-state index is 0.0211. The van der Waals surface area contributed by atoms with Crippen LogP contribution in [0.5, 0.6) is 0 Å². The summed E-state index contributed by atoms with van der Waals surface area (Å²) >= 11 is 0. The molecular formula is C10H15N3O2. The summed E-state index contributed by atoms with van der Waals surface area (Å²) in [6.07, 6.45) is 4.93. The van der Waals surface area contributed by atoms with Crippen LogP contribution in [0.3, 0.4) is 0 Å². The highest BCUT2D eigenvalue weighted by atomic mass is 16.1. The number of aryl methyl sites for hydroxylation is 1. The monoisotopic (exact) mass is 209 g/mol. The fraction of sp³-hybridized carbons (Fsp3) is 0.500. The van der Waals surface area contributed by atoms with Crippen molar-refractivity contribution in [1.82, 2.24) is 14.9 Å². The van der Waals surface area contributed by atoms with E-state index in [1.54, 1.807) is 13.3 Å². The molecule has 1 rings (SSSR count). The topological polar surface area (TPSA) is 64.0 Å². The number of ketones is 1. The van der Waals surface area contributed by atoms with E-state index in [9.17, 15) is 9.59 Å². The summed E-state index contributed by atoms with van der Waals surface area (Å²) in [6, 6.07) is -0.456. The number of imidazole rings is 1.